The number of anilines is 2. The van der Waals surface area contributed by atoms with Crippen molar-refractivity contribution in [3.8, 4) is 0 Å². The maximum absolute atomic E-state index is 11.9. The number of amides is 1. The molecule has 2 fully saturated rings. The molecule has 2 N–H and O–H groups in total. The first-order valence-electron chi connectivity index (χ1n) is 10.3. The molecule has 7 nitrogen and oxygen atoms in total. The van der Waals surface area contributed by atoms with E-state index in [9.17, 15) is 14.7 Å². The Morgan fingerprint density at radius 3 is 2.52 bits per heavy atom. The minimum atomic E-state index is -0.874. The Morgan fingerprint density at radius 1 is 1.14 bits per heavy atom. The third-order valence-corrected chi connectivity index (χ3v) is 5.41. The number of nitrogens with one attached hydrogen (secondary N) is 1. The fourth-order valence-corrected chi connectivity index (χ4v) is 3.69. The van der Waals surface area contributed by atoms with Gasteiger partial charge in [-0.1, -0.05) is 12.1 Å². The molecule has 0 bridgehead atoms. The van der Waals surface area contributed by atoms with Gasteiger partial charge in [-0.2, -0.15) is 0 Å². The number of rotatable bonds is 8. The summed E-state index contributed by atoms with van der Waals surface area (Å²) in [6.45, 7) is 1.80. The van der Waals surface area contributed by atoms with Gasteiger partial charge in [0.1, 0.15) is 11.6 Å². The van der Waals surface area contributed by atoms with Crippen LogP contribution in [0.15, 0.2) is 30.5 Å². The summed E-state index contributed by atoms with van der Waals surface area (Å²) in [5.74, 6) is 1.19. The van der Waals surface area contributed by atoms with Crippen molar-refractivity contribution in [1.29, 1.82) is 0 Å². The van der Waals surface area contributed by atoms with Crippen LogP contribution in [0.1, 0.15) is 49.1 Å². The molecule has 152 valence electrons. The molecule has 1 aromatic heterocycles. The second kappa shape index (κ2) is 8.59. The summed E-state index contributed by atoms with van der Waals surface area (Å²) >= 11 is 0. The van der Waals surface area contributed by atoms with Gasteiger partial charge in [0.2, 0.25) is 5.91 Å². The van der Waals surface area contributed by atoms with E-state index < -0.39 is 5.97 Å². The van der Waals surface area contributed by atoms with Crippen LogP contribution in [0.5, 0.6) is 0 Å². The average Bonchev–Trinajstić information content (AvgIpc) is 3.32. The molecule has 2 aromatic rings. The fourth-order valence-electron chi connectivity index (χ4n) is 3.69. The van der Waals surface area contributed by atoms with Gasteiger partial charge in [-0.25, -0.2) is 9.97 Å². The first kappa shape index (κ1) is 19.4. The fraction of sp³-hybridized carbons (Fsp3) is 0.455. The normalized spacial score (nSPS) is 16.1. The van der Waals surface area contributed by atoms with Crippen LogP contribution in [0, 0.1) is 5.92 Å². The number of carboxylic acids is 1. The van der Waals surface area contributed by atoms with E-state index in [0.29, 0.717) is 30.1 Å². The molecular formula is C22H26N4O3. The molecule has 1 amide bonds. The van der Waals surface area contributed by atoms with Crippen LogP contribution in [0.4, 0.5) is 11.5 Å². The van der Waals surface area contributed by atoms with Crippen LogP contribution >= 0.6 is 0 Å². The monoisotopic (exact) mass is 394 g/mol. The smallest absolute Gasteiger partial charge is 0.308 e. The molecule has 4 rings (SSSR count). The molecule has 0 atom stereocenters. The molecule has 2 aliphatic rings. The van der Waals surface area contributed by atoms with E-state index in [1.54, 1.807) is 6.20 Å². The van der Waals surface area contributed by atoms with Crippen molar-refractivity contribution in [2.45, 2.75) is 44.9 Å². The lowest BCUT2D eigenvalue weighted by Crippen LogP contribution is -2.22. The lowest BCUT2D eigenvalue weighted by Gasteiger charge is -2.20. The lowest BCUT2D eigenvalue weighted by atomic mass is 10.1. The van der Waals surface area contributed by atoms with Gasteiger partial charge in [0.15, 0.2) is 0 Å². The summed E-state index contributed by atoms with van der Waals surface area (Å²) in [6.07, 6.45) is 7.27. The molecule has 1 aromatic carbocycles. The summed E-state index contributed by atoms with van der Waals surface area (Å²) in [5.41, 5.74) is 2.51. The number of benzene rings is 1. The second-order valence-electron chi connectivity index (χ2n) is 7.97. The molecular weight excluding hydrogens is 368 g/mol. The quantitative estimate of drug-likeness (QED) is 0.715. The van der Waals surface area contributed by atoms with Gasteiger partial charge in [0.05, 0.1) is 6.42 Å². The Hall–Kier alpha value is -2.96. The minimum absolute atomic E-state index is 0.0681. The summed E-state index contributed by atoms with van der Waals surface area (Å²) in [4.78, 5) is 34.4. The average molecular weight is 394 g/mol. The van der Waals surface area contributed by atoms with E-state index >= 15 is 0 Å². The predicted molar refractivity (Wildman–Crippen MR) is 110 cm³/mol. The summed E-state index contributed by atoms with van der Waals surface area (Å²) in [6, 6.07) is 7.74. The molecule has 29 heavy (non-hydrogen) atoms. The second-order valence-corrected chi connectivity index (χ2v) is 7.97. The SMILES string of the molecule is O=C(O)Cc1cnc(Cc2ccc(NC(=O)CC3CC3)cc2)nc1N1CCCC1. The largest absolute Gasteiger partial charge is 0.481 e. The lowest BCUT2D eigenvalue weighted by molar-refractivity contribution is -0.136. The highest BCUT2D eigenvalue weighted by molar-refractivity contribution is 5.91. The van der Waals surface area contributed by atoms with Crippen LogP contribution in [0.2, 0.25) is 0 Å². The van der Waals surface area contributed by atoms with E-state index in [0.717, 1.165) is 55.8 Å². The van der Waals surface area contributed by atoms with Gasteiger partial charge in [-0.15, -0.1) is 0 Å². The van der Waals surface area contributed by atoms with Gasteiger partial charge in [0.25, 0.3) is 0 Å². The van der Waals surface area contributed by atoms with Crippen molar-refractivity contribution in [2.75, 3.05) is 23.3 Å². The first-order valence-corrected chi connectivity index (χ1v) is 10.3. The van der Waals surface area contributed by atoms with Crippen LogP contribution in [-0.4, -0.2) is 40.0 Å². The highest BCUT2D eigenvalue weighted by Gasteiger charge is 2.24. The van der Waals surface area contributed by atoms with Gasteiger partial charge in [-0.05, 0) is 49.3 Å². The number of hydrogen-bond acceptors (Lipinski definition) is 5. The van der Waals surface area contributed by atoms with Crippen LogP contribution in [-0.2, 0) is 22.4 Å². The van der Waals surface area contributed by atoms with E-state index in [4.69, 9.17) is 4.98 Å². The van der Waals surface area contributed by atoms with Crippen molar-refractivity contribution in [2.24, 2.45) is 5.92 Å². The number of aromatic nitrogens is 2. The van der Waals surface area contributed by atoms with Crippen molar-refractivity contribution in [3.05, 3.63) is 47.4 Å². The van der Waals surface area contributed by atoms with Gasteiger partial charge in [-0.3, -0.25) is 9.59 Å². The van der Waals surface area contributed by atoms with Crippen molar-refractivity contribution >= 4 is 23.4 Å². The Bertz CT molecular complexity index is 887. The molecule has 1 saturated carbocycles. The van der Waals surface area contributed by atoms with Crippen molar-refractivity contribution in [3.63, 3.8) is 0 Å². The summed E-state index contributed by atoms with van der Waals surface area (Å²) in [5, 5.41) is 12.1. The van der Waals surface area contributed by atoms with E-state index in [2.05, 4.69) is 15.2 Å². The minimum Gasteiger partial charge on any atom is -0.481 e. The summed E-state index contributed by atoms with van der Waals surface area (Å²) < 4.78 is 0. The number of nitrogens with zero attached hydrogens (tertiary/aromatic N) is 3. The van der Waals surface area contributed by atoms with Crippen molar-refractivity contribution < 1.29 is 14.7 Å². The number of carbonyl (C=O) groups is 2. The molecule has 0 radical (unpaired) electrons. The number of carboxylic acid groups (broad SMARTS) is 1. The maximum atomic E-state index is 11.9. The van der Waals surface area contributed by atoms with E-state index in [1.807, 2.05) is 24.3 Å². The molecule has 7 heteroatoms. The zero-order chi connectivity index (χ0) is 20.2. The molecule has 0 spiro atoms. The van der Waals surface area contributed by atoms with Gasteiger partial charge in [0, 0.05) is 43.4 Å². The van der Waals surface area contributed by atoms with E-state index in [-0.39, 0.29) is 12.3 Å². The molecule has 0 unspecified atom stereocenters. The third kappa shape index (κ3) is 5.31. The number of hydrogen-bond donors (Lipinski definition) is 2. The molecule has 1 aliphatic heterocycles. The standard InChI is InChI=1S/C22H26N4O3/c27-20(12-16-3-4-16)24-18-7-5-15(6-8-18)11-19-23-14-17(13-21(28)29)22(25-19)26-9-1-2-10-26/h5-8,14,16H,1-4,9-13H2,(H,24,27)(H,28,29). The maximum Gasteiger partial charge on any atom is 0.308 e. The topological polar surface area (TPSA) is 95.4 Å². The highest BCUT2D eigenvalue weighted by Crippen LogP contribution is 2.32. The zero-order valence-corrected chi connectivity index (χ0v) is 16.4. The molecule has 1 saturated heterocycles. The molecule has 1 aliphatic carbocycles. The van der Waals surface area contributed by atoms with Crippen LogP contribution in [0.25, 0.3) is 0 Å². The third-order valence-electron chi connectivity index (χ3n) is 5.41. The van der Waals surface area contributed by atoms with Gasteiger partial charge < -0.3 is 15.3 Å². The Morgan fingerprint density at radius 2 is 1.86 bits per heavy atom. The van der Waals surface area contributed by atoms with Crippen molar-refractivity contribution in [1.82, 2.24) is 9.97 Å². The van der Waals surface area contributed by atoms with E-state index in [1.165, 1.54) is 0 Å². The number of carbonyl (C=O) groups excluding carboxylic acids is 1. The first-order chi connectivity index (χ1) is 14.1. The van der Waals surface area contributed by atoms with Crippen LogP contribution in [0.3, 0.4) is 0 Å². The highest BCUT2D eigenvalue weighted by atomic mass is 16.4. The zero-order valence-electron chi connectivity index (χ0n) is 16.4. The number of aliphatic carboxylic acids is 1. The van der Waals surface area contributed by atoms with Crippen LogP contribution < -0.4 is 10.2 Å². The molecule has 2 heterocycles. The summed E-state index contributed by atoms with van der Waals surface area (Å²) in [7, 11) is 0. The van der Waals surface area contributed by atoms with Gasteiger partial charge >= 0.3 is 5.97 Å². The predicted octanol–water partition coefficient (Wildman–Crippen LogP) is 3.03. The Kier molecular flexibility index (Phi) is 5.74. The Balaban J connectivity index is 1.44. The Labute approximate surface area is 170 Å².